The van der Waals surface area contributed by atoms with E-state index in [4.69, 9.17) is 4.74 Å². The third kappa shape index (κ3) is 5.30. The van der Waals surface area contributed by atoms with Crippen molar-refractivity contribution in [1.29, 1.82) is 0 Å². The lowest BCUT2D eigenvalue weighted by atomic mass is 9.98. The number of rotatable bonds is 6. The second-order valence-corrected chi connectivity index (χ2v) is 7.89. The molecule has 0 amide bonds. The molecule has 3 aromatic rings. The normalized spacial score (nSPS) is 14.8. The Balaban J connectivity index is 1.64. The molecule has 1 aromatic heterocycles. The third-order valence-electron chi connectivity index (χ3n) is 5.47. The lowest BCUT2D eigenvalue weighted by Gasteiger charge is -2.24. The molecular weight excluding hydrogens is 417 g/mol. The van der Waals surface area contributed by atoms with Crippen LogP contribution < -0.4 is 15.4 Å². The Hall–Kier alpha value is -3.29. The van der Waals surface area contributed by atoms with Gasteiger partial charge in [-0.1, -0.05) is 36.8 Å². The molecule has 0 atom stereocenters. The topological polar surface area (TPSA) is 59.1 Å². The van der Waals surface area contributed by atoms with Crippen molar-refractivity contribution >= 4 is 23.1 Å². The van der Waals surface area contributed by atoms with Crippen LogP contribution in [0.4, 0.5) is 36.3 Å². The lowest BCUT2D eigenvalue weighted by Crippen LogP contribution is -2.20. The van der Waals surface area contributed by atoms with Gasteiger partial charge >= 0.3 is 6.18 Å². The number of benzene rings is 2. The maximum Gasteiger partial charge on any atom is 0.421 e. The fraction of sp³-hybridized carbons (Fsp3) is 0.333. The summed E-state index contributed by atoms with van der Waals surface area (Å²) in [7, 11) is 0. The Labute approximate surface area is 185 Å². The molecule has 0 saturated heterocycles. The summed E-state index contributed by atoms with van der Waals surface area (Å²) >= 11 is 0. The number of para-hydroxylation sites is 3. The van der Waals surface area contributed by atoms with Crippen molar-refractivity contribution < 1.29 is 17.9 Å². The molecule has 0 aliphatic heterocycles. The minimum atomic E-state index is -4.61. The van der Waals surface area contributed by atoms with Crippen molar-refractivity contribution in [2.45, 2.75) is 51.3 Å². The Kier molecular flexibility index (Phi) is 6.48. The zero-order chi connectivity index (χ0) is 22.6. The maximum absolute atomic E-state index is 13.7. The smallest absolute Gasteiger partial charge is 0.421 e. The zero-order valence-electron chi connectivity index (χ0n) is 17.7. The van der Waals surface area contributed by atoms with Crippen molar-refractivity contribution in [3.05, 3.63) is 65.9 Å². The summed E-state index contributed by atoms with van der Waals surface area (Å²) < 4.78 is 47.1. The Morgan fingerprint density at radius 3 is 2.31 bits per heavy atom. The molecule has 1 fully saturated rings. The van der Waals surface area contributed by atoms with Gasteiger partial charge in [-0.15, -0.1) is 0 Å². The zero-order valence-corrected chi connectivity index (χ0v) is 17.7. The second-order valence-electron chi connectivity index (χ2n) is 7.89. The van der Waals surface area contributed by atoms with Crippen molar-refractivity contribution in [2.75, 3.05) is 10.6 Å². The third-order valence-corrected chi connectivity index (χ3v) is 5.47. The number of aryl methyl sites for hydroxylation is 1. The fourth-order valence-corrected chi connectivity index (χ4v) is 3.74. The molecule has 32 heavy (non-hydrogen) atoms. The second kappa shape index (κ2) is 9.46. The molecule has 168 valence electrons. The highest BCUT2D eigenvalue weighted by Gasteiger charge is 2.35. The van der Waals surface area contributed by atoms with Crippen LogP contribution in [-0.4, -0.2) is 16.1 Å². The molecule has 4 rings (SSSR count). The number of aromatic nitrogens is 2. The molecule has 8 heteroatoms. The van der Waals surface area contributed by atoms with Gasteiger partial charge in [-0.3, -0.25) is 0 Å². The van der Waals surface area contributed by atoms with Crippen LogP contribution in [-0.2, 0) is 6.18 Å². The first-order chi connectivity index (χ1) is 15.4. The van der Waals surface area contributed by atoms with Gasteiger partial charge < -0.3 is 15.4 Å². The highest BCUT2D eigenvalue weighted by Crippen LogP contribution is 2.37. The molecule has 1 heterocycles. The van der Waals surface area contributed by atoms with E-state index < -0.39 is 11.7 Å². The average Bonchev–Trinajstić information content (AvgIpc) is 2.77. The predicted octanol–water partition coefficient (Wildman–Crippen LogP) is 7.00. The molecule has 0 unspecified atom stereocenters. The molecule has 2 N–H and O–H groups in total. The Bertz CT molecular complexity index is 1070. The highest BCUT2D eigenvalue weighted by molar-refractivity contribution is 5.68. The summed E-state index contributed by atoms with van der Waals surface area (Å²) in [5.74, 6) is 0.253. The molecule has 2 aromatic carbocycles. The van der Waals surface area contributed by atoms with Crippen molar-refractivity contribution in [3.8, 4) is 5.75 Å². The molecule has 1 aliphatic rings. The number of ether oxygens (including phenoxy) is 1. The lowest BCUT2D eigenvalue weighted by molar-refractivity contribution is -0.137. The predicted molar refractivity (Wildman–Crippen MR) is 119 cm³/mol. The number of hydrogen-bond donors (Lipinski definition) is 2. The van der Waals surface area contributed by atoms with Crippen LogP contribution in [0.1, 0.15) is 43.2 Å². The fourth-order valence-electron chi connectivity index (χ4n) is 3.74. The number of alkyl halides is 3. The quantitative estimate of drug-likeness (QED) is 0.430. The van der Waals surface area contributed by atoms with Gasteiger partial charge in [0.15, 0.2) is 0 Å². The SMILES string of the molecule is Cc1ccccc1Nc1ncc(C(F)(F)F)c(Nc2ccccc2OC2CCCCC2)n1. The van der Waals surface area contributed by atoms with E-state index in [1.807, 2.05) is 31.2 Å². The first-order valence-corrected chi connectivity index (χ1v) is 10.7. The van der Waals surface area contributed by atoms with Crippen molar-refractivity contribution in [3.63, 3.8) is 0 Å². The highest BCUT2D eigenvalue weighted by atomic mass is 19.4. The molecular formula is C24H25F3N4O. The summed E-state index contributed by atoms with van der Waals surface area (Å²) in [6.45, 7) is 1.89. The number of hydrogen-bond acceptors (Lipinski definition) is 5. The standard InChI is InChI=1S/C24H25F3N4O/c1-16-9-5-6-12-19(16)30-23-28-15-18(24(25,26)27)22(31-23)29-20-13-7-8-14-21(20)32-17-10-3-2-4-11-17/h5-9,12-15,17H,2-4,10-11H2,1H3,(H2,28,29,30,31). The first-order valence-electron chi connectivity index (χ1n) is 10.7. The Morgan fingerprint density at radius 1 is 0.906 bits per heavy atom. The van der Waals surface area contributed by atoms with Gasteiger partial charge in [0, 0.05) is 11.9 Å². The Morgan fingerprint density at radius 2 is 1.59 bits per heavy atom. The van der Waals surface area contributed by atoms with Crippen LogP contribution in [0, 0.1) is 6.92 Å². The number of anilines is 4. The molecule has 1 aliphatic carbocycles. The summed E-state index contributed by atoms with van der Waals surface area (Å²) in [5, 5.41) is 5.84. The van der Waals surface area contributed by atoms with E-state index in [9.17, 15) is 13.2 Å². The molecule has 5 nitrogen and oxygen atoms in total. The van der Waals surface area contributed by atoms with E-state index in [1.165, 1.54) is 6.42 Å². The van der Waals surface area contributed by atoms with E-state index in [1.54, 1.807) is 24.3 Å². The van der Waals surface area contributed by atoms with Gasteiger partial charge in [0.25, 0.3) is 0 Å². The van der Waals surface area contributed by atoms with Crippen molar-refractivity contribution in [2.24, 2.45) is 0 Å². The number of nitrogens with one attached hydrogen (secondary N) is 2. The van der Waals surface area contributed by atoms with E-state index >= 15 is 0 Å². The summed E-state index contributed by atoms with van der Waals surface area (Å²) in [6.07, 6.45) is 1.52. The van der Waals surface area contributed by atoms with Crippen LogP contribution in [0.5, 0.6) is 5.75 Å². The van der Waals surface area contributed by atoms with Crippen LogP contribution in [0.15, 0.2) is 54.7 Å². The van der Waals surface area contributed by atoms with Gasteiger partial charge in [-0.05, 0) is 56.4 Å². The van der Waals surface area contributed by atoms with Crippen LogP contribution in [0.2, 0.25) is 0 Å². The maximum atomic E-state index is 13.7. The summed E-state index contributed by atoms with van der Waals surface area (Å²) in [6, 6.07) is 14.4. The minimum absolute atomic E-state index is 0.0671. The molecule has 0 radical (unpaired) electrons. The number of halogens is 3. The van der Waals surface area contributed by atoms with E-state index in [2.05, 4.69) is 20.6 Å². The van der Waals surface area contributed by atoms with E-state index in [-0.39, 0.29) is 17.9 Å². The van der Waals surface area contributed by atoms with E-state index in [0.717, 1.165) is 43.1 Å². The van der Waals surface area contributed by atoms with Crippen LogP contribution >= 0.6 is 0 Å². The molecule has 1 saturated carbocycles. The van der Waals surface area contributed by atoms with Crippen molar-refractivity contribution in [1.82, 2.24) is 9.97 Å². The summed E-state index contributed by atoms with van der Waals surface area (Å²) in [5.41, 5.74) is 1.14. The largest absolute Gasteiger partial charge is 0.488 e. The average molecular weight is 442 g/mol. The van der Waals surface area contributed by atoms with Gasteiger partial charge in [0.05, 0.1) is 11.8 Å². The first kappa shape index (κ1) is 21.9. The minimum Gasteiger partial charge on any atom is -0.488 e. The van der Waals surface area contributed by atoms with Crippen LogP contribution in [0.25, 0.3) is 0 Å². The summed E-state index contributed by atoms with van der Waals surface area (Å²) in [4.78, 5) is 8.04. The van der Waals surface area contributed by atoms with E-state index in [0.29, 0.717) is 11.4 Å². The van der Waals surface area contributed by atoms with Crippen LogP contribution in [0.3, 0.4) is 0 Å². The van der Waals surface area contributed by atoms with Gasteiger partial charge in [0.2, 0.25) is 5.95 Å². The van der Waals surface area contributed by atoms with Gasteiger partial charge in [-0.25, -0.2) is 4.98 Å². The molecule has 0 bridgehead atoms. The number of nitrogens with zero attached hydrogens (tertiary/aromatic N) is 2. The monoisotopic (exact) mass is 442 g/mol. The molecule has 0 spiro atoms. The van der Waals surface area contributed by atoms with Gasteiger partial charge in [0.1, 0.15) is 17.1 Å². The van der Waals surface area contributed by atoms with Gasteiger partial charge in [-0.2, -0.15) is 18.2 Å².